The Balaban J connectivity index is 2.83. The molecule has 0 spiro atoms. The van der Waals surface area contributed by atoms with Crippen LogP contribution in [0.15, 0.2) is 23.1 Å². The Hall–Kier alpha value is -1.12. The molecular weight excluding hydrogens is 279 g/mol. The van der Waals surface area contributed by atoms with E-state index in [9.17, 15) is 17.4 Å². The number of benzene rings is 1. The zero-order chi connectivity index (χ0) is 14.6. The van der Waals surface area contributed by atoms with E-state index in [1.54, 1.807) is 0 Å². The van der Waals surface area contributed by atoms with Gasteiger partial charge in [0.1, 0.15) is 11.0 Å². The molecule has 0 aliphatic rings. The van der Waals surface area contributed by atoms with E-state index in [-0.39, 0.29) is 10.6 Å². The molecule has 1 rings (SSSR count). The maximum absolute atomic E-state index is 12.6. The summed E-state index contributed by atoms with van der Waals surface area (Å²) in [4.78, 5) is 1.89. The first-order valence-electron chi connectivity index (χ1n) is 5.48. The van der Waals surface area contributed by atoms with Crippen molar-refractivity contribution in [2.75, 3.05) is 32.9 Å². The summed E-state index contributed by atoms with van der Waals surface area (Å²) in [5, 5.41) is 0. The van der Waals surface area contributed by atoms with E-state index in [4.69, 9.17) is 5.73 Å². The maximum Gasteiger partial charge on any atom is 0.416 e. The molecule has 1 aromatic carbocycles. The molecule has 0 radical (unpaired) electrons. The summed E-state index contributed by atoms with van der Waals surface area (Å²) in [6.45, 7) is 1.02. The number of nitrogen functional groups attached to an aromatic ring is 1. The Bertz CT molecular complexity index is 463. The molecule has 108 valence electrons. The topological polar surface area (TPSA) is 58.4 Å². The van der Waals surface area contributed by atoms with Gasteiger partial charge in [-0.25, -0.2) is 8.93 Å². The number of likely N-dealkylation sites (N-methyl/N-ethyl adjacent to an activating group) is 1. The van der Waals surface area contributed by atoms with Crippen LogP contribution < -0.4 is 10.5 Å². The summed E-state index contributed by atoms with van der Waals surface area (Å²) in [7, 11) is 1.97. The number of anilines is 1. The highest BCUT2D eigenvalue weighted by Gasteiger charge is 2.31. The largest absolute Gasteiger partial charge is 0.416 e. The second-order valence-electron chi connectivity index (χ2n) is 4.25. The smallest absolute Gasteiger partial charge is 0.399 e. The van der Waals surface area contributed by atoms with Gasteiger partial charge in [-0.15, -0.1) is 0 Å². The van der Waals surface area contributed by atoms with Crippen LogP contribution in [0.25, 0.3) is 0 Å². The van der Waals surface area contributed by atoms with Crippen LogP contribution in [0.3, 0.4) is 0 Å². The molecule has 0 bridgehead atoms. The predicted octanol–water partition coefficient (Wildman–Crippen LogP) is 1.46. The lowest BCUT2D eigenvalue weighted by molar-refractivity contribution is -0.137. The number of halogens is 3. The van der Waals surface area contributed by atoms with E-state index >= 15 is 0 Å². The van der Waals surface area contributed by atoms with Crippen LogP contribution in [0, 0.1) is 0 Å². The van der Waals surface area contributed by atoms with Gasteiger partial charge in [0, 0.05) is 18.8 Å². The van der Waals surface area contributed by atoms with Crippen LogP contribution in [0.1, 0.15) is 5.56 Å². The van der Waals surface area contributed by atoms with Crippen LogP contribution in [-0.2, 0) is 17.2 Å². The highest BCUT2D eigenvalue weighted by Crippen LogP contribution is 2.31. The highest BCUT2D eigenvalue weighted by molar-refractivity contribution is 7.83. The lowest BCUT2D eigenvalue weighted by Gasteiger charge is -2.12. The summed E-state index contributed by atoms with van der Waals surface area (Å²) < 4.78 is 52.2. The molecule has 1 atom stereocenters. The van der Waals surface area contributed by atoms with E-state index in [0.717, 1.165) is 12.1 Å². The zero-order valence-corrected chi connectivity index (χ0v) is 11.4. The maximum atomic E-state index is 12.6. The van der Waals surface area contributed by atoms with E-state index in [0.29, 0.717) is 13.1 Å². The lowest BCUT2D eigenvalue weighted by Crippen LogP contribution is -2.28. The van der Waals surface area contributed by atoms with Crippen LogP contribution in [0.4, 0.5) is 18.9 Å². The minimum absolute atomic E-state index is 0.0195. The highest BCUT2D eigenvalue weighted by atomic mass is 32.2. The van der Waals surface area contributed by atoms with E-state index in [2.05, 4.69) is 4.72 Å². The molecule has 0 aliphatic heterocycles. The summed E-state index contributed by atoms with van der Waals surface area (Å²) in [5.41, 5.74) is 4.44. The molecule has 0 fully saturated rings. The Morgan fingerprint density at radius 2 is 1.95 bits per heavy atom. The van der Waals surface area contributed by atoms with Crippen LogP contribution >= 0.6 is 0 Å². The first kappa shape index (κ1) is 15.9. The van der Waals surface area contributed by atoms with Crippen molar-refractivity contribution in [2.45, 2.75) is 11.1 Å². The summed E-state index contributed by atoms with van der Waals surface area (Å²) in [6.07, 6.45) is -4.50. The van der Waals surface area contributed by atoms with Crippen molar-refractivity contribution in [1.29, 1.82) is 0 Å². The third kappa shape index (κ3) is 5.17. The molecular formula is C11H16F3N3OS. The summed E-state index contributed by atoms with van der Waals surface area (Å²) >= 11 is 0. The van der Waals surface area contributed by atoms with E-state index < -0.39 is 22.7 Å². The number of rotatable bonds is 5. The first-order valence-corrected chi connectivity index (χ1v) is 6.63. The van der Waals surface area contributed by atoms with Crippen molar-refractivity contribution in [3.63, 3.8) is 0 Å². The molecule has 0 saturated heterocycles. The monoisotopic (exact) mass is 295 g/mol. The standard InChI is InChI=1S/C11H16F3N3OS/c1-17(2)4-3-16-19(18)10-6-8(11(12,13)14)5-9(15)7-10/h5-7,16H,3-4,15H2,1-2H3. The molecule has 0 saturated carbocycles. The Morgan fingerprint density at radius 1 is 1.32 bits per heavy atom. The number of hydrogen-bond acceptors (Lipinski definition) is 3. The number of nitrogens with zero attached hydrogens (tertiary/aromatic N) is 1. The summed E-state index contributed by atoms with van der Waals surface area (Å²) in [5.74, 6) is 0. The van der Waals surface area contributed by atoms with Crippen LogP contribution in [0.5, 0.6) is 0 Å². The second kappa shape index (κ2) is 6.36. The third-order valence-corrected chi connectivity index (χ3v) is 3.39. The predicted molar refractivity (Wildman–Crippen MR) is 68.8 cm³/mol. The van der Waals surface area contributed by atoms with Gasteiger partial charge in [-0.2, -0.15) is 13.2 Å². The molecule has 0 heterocycles. The Labute approximate surface area is 112 Å². The van der Waals surface area contributed by atoms with Crippen molar-refractivity contribution < 1.29 is 17.4 Å². The van der Waals surface area contributed by atoms with Crippen LogP contribution in [-0.4, -0.2) is 36.3 Å². The zero-order valence-electron chi connectivity index (χ0n) is 10.6. The van der Waals surface area contributed by atoms with E-state index in [1.807, 2.05) is 19.0 Å². The van der Waals surface area contributed by atoms with Crippen molar-refractivity contribution in [2.24, 2.45) is 0 Å². The number of hydrogen-bond donors (Lipinski definition) is 2. The number of nitrogens with two attached hydrogens (primary N) is 1. The van der Waals surface area contributed by atoms with Gasteiger partial charge in [-0.05, 0) is 32.3 Å². The summed E-state index contributed by atoms with van der Waals surface area (Å²) in [6, 6.07) is 2.93. The quantitative estimate of drug-likeness (QED) is 0.809. The molecule has 3 N–H and O–H groups in total. The van der Waals surface area contributed by atoms with Gasteiger partial charge in [-0.3, -0.25) is 0 Å². The van der Waals surface area contributed by atoms with Crippen molar-refractivity contribution in [3.8, 4) is 0 Å². The number of nitrogens with one attached hydrogen (secondary N) is 1. The average Bonchev–Trinajstić information content (AvgIpc) is 2.26. The molecule has 0 aliphatic carbocycles. The molecule has 4 nitrogen and oxygen atoms in total. The molecule has 1 aromatic rings. The Kier molecular flexibility index (Phi) is 5.33. The third-order valence-electron chi connectivity index (χ3n) is 2.26. The van der Waals surface area contributed by atoms with Crippen molar-refractivity contribution >= 4 is 16.7 Å². The van der Waals surface area contributed by atoms with Gasteiger partial charge in [-0.1, -0.05) is 0 Å². The first-order chi connectivity index (χ1) is 8.70. The normalized spacial score (nSPS) is 13.8. The molecule has 0 amide bonds. The minimum Gasteiger partial charge on any atom is -0.399 e. The minimum atomic E-state index is -4.50. The van der Waals surface area contributed by atoms with Gasteiger partial charge in [0.2, 0.25) is 0 Å². The molecule has 1 unspecified atom stereocenters. The van der Waals surface area contributed by atoms with Gasteiger partial charge in [0.25, 0.3) is 0 Å². The molecule has 0 aromatic heterocycles. The number of alkyl halides is 3. The van der Waals surface area contributed by atoms with Gasteiger partial charge >= 0.3 is 6.18 Å². The molecule has 19 heavy (non-hydrogen) atoms. The van der Waals surface area contributed by atoms with Crippen molar-refractivity contribution in [3.05, 3.63) is 23.8 Å². The fourth-order valence-corrected chi connectivity index (χ4v) is 2.26. The second-order valence-corrected chi connectivity index (χ2v) is 5.55. The fourth-order valence-electron chi connectivity index (χ4n) is 1.34. The van der Waals surface area contributed by atoms with Crippen molar-refractivity contribution in [1.82, 2.24) is 9.62 Å². The fraction of sp³-hybridized carbons (Fsp3) is 0.455. The van der Waals surface area contributed by atoms with Gasteiger partial charge in [0.15, 0.2) is 0 Å². The Morgan fingerprint density at radius 3 is 2.47 bits per heavy atom. The van der Waals surface area contributed by atoms with Gasteiger partial charge in [0.05, 0.1) is 10.5 Å². The average molecular weight is 295 g/mol. The van der Waals surface area contributed by atoms with E-state index in [1.165, 1.54) is 6.07 Å². The molecule has 8 heteroatoms. The van der Waals surface area contributed by atoms with Gasteiger partial charge < -0.3 is 10.6 Å². The lowest BCUT2D eigenvalue weighted by atomic mass is 10.2. The van der Waals surface area contributed by atoms with Crippen LogP contribution in [0.2, 0.25) is 0 Å². The SMILES string of the molecule is CN(C)CCNS(=O)c1cc(N)cc(C(F)(F)F)c1.